The SMILES string of the molecule is CC1(C(=O)O)CCC/C=C\CCCCCCC(N)C(=O)OCN1. The van der Waals surface area contributed by atoms with Gasteiger partial charge in [-0.3, -0.25) is 14.9 Å². The molecule has 1 rings (SSSR count). The van der Waals surface area contributed by atoms with Gasteiger partial charge in [-0.2, -0.15) is 0 Å². The van der Waals surface area contributed by atoms with E-state index in [9.17, 15) is 14.7 Å². The third-order valence-electron chi connectivity index (χ3n) is 4.30. The molecule has 23 heavy (non-hydrogen) atoms. The van der Waals surface area contributed by atoms with Gasteiger partial charge in [0.05, 0.1) is 0 Å². The molecule has 0 fully saturated rings. The molecule has 132 valence electrons. The van der Waals surface area contributed by atoms with E-state index < -0.39 is 23.5 Å². The molecule has 0 saturated heterocycles. The second kappa shape index (κ2) is 10.4. The number of hydrogen-bond donors (Lipinski definition) is 3. The summed E-state index contributed by atoms with van der Waals surface area (Å²) in [7, 11) is 0. The van der Waals surface area contributed by atoms with Gasteiger partial charge in [0.2, 0.25) is 0 Å². The second-order valence-electron chi connectivity index (χ2n) is 6.38. The number of hydrogen-bond acceptors (Lipinski definition) is 5. The summed E-state index contributed by atoms with van der Waals surface area (Å²) >= 11 is 0. The summed E-state index contributed by atoms with van der Waals surface area (Å²) in [6.45, 7) is 1.48. The van der Waals surface area contributed by atoms with Crippen molar-refractivity contribution in [3.05, 3.63) is 12.2 Å². The van der Waals surface area contributed by atoms with Crippen LogP contribution >= 0.6 is 0 Å². The van der Waals surface area contributed by atoms with Gasteiger partial charge in [0.1, 0.15) is 18.3 Å². The second-order valence-corrected chi connectivity index (χ2v) is 6.38. The Labute approximate surface area is 138 Å². The number of carbonyl (C=O) groups is 2. The molecule has 4 N–H and O–H groups in total. The predicted molar refractivity (Wildman–Crippen MR) is 88.8 cm³/mol. The van der Waals surface area contributed by atoms with E-state index in [1.807, 2.05) is 0 Å². The summed E-state index contributed by atoms with van der Waals surface area (Å²) in [6.07, 6.45) is 12.2. The molecule has 1 aliphatic heterocycles. The van der Waals surface area contributed by atoms with Crippen molar-refractivity contribution in [3.63, 3.8) is 0 Å². The highest BCUT2D eigenvalue weighted by atomic mass is 16.5. The van der Waals surface area contributed by atoms with E-state index in [2.05, 4.69) is 17.5 Å². The van der Waals surface area contributed by atoms with Crippen molar-refractivity contribution in [2.24, 2.45) is 5.73 Å². The van der Waals surface area contributed by atoms with Crippen LogP contribution in [-0.4, -0.2) is 35.4 Å². The van der Waals surface area contributed by atoms with E-state index >= 15 is 0 Å². The Bertz CT molecular complexity index is 411. The number of esters is 1. The zero-order valence-electron chi connectivity index (χ0n) is 14.1. The normalized spacial score (nSPS) is 30.9. The van der Waals surface area contributed by atoms with Crippen molar-refractivity contribution in [2.45, 2.75) is 76.3 Å². The molecule has 0 saturated carbocycles. The van der Waals surface area contributed by atoms with E-state index in [0.717, 1.165) is 44.9 Å². The Morgan fingerprint density at radius 1 is 1.26 bits per heavy atom. The maximum absolute atomic E-state index is 11.8. The van der Waals surface area contributed by atoms with Crippen LogP contribution in [0.3, 0.4) is 0 Å². The van der Waals surface area contributed by atoms with Gasteiger partial charge in [-0.05, 0) is 45.4 Å². The zero-order valence-corrected chi connectivity index (χ0v) is 14.1. The Balaban J connectivity index is 2.61. The minimum absolute atomic E-state index is 0.134. The maximum Gasteiger partial charge on any atom is 0.324 e. The molecule has 0 radical (unpaired) electrons. The quantitative estimate of drug-likeness (QED) is 0.505. The standard InChI is InChI=1S/C17H30N2O4/c1-17(16(21)22)12-10-8-6-4-2-3-5-7-9-11-14(18)15(20)23-13-19-17/h4,6,14,19H,2-3,5,7-13,18H2,1H3,(H,21,22)/b6-4-. The van der Waals surface area contributed by atoms with Crippen LogP contribution in [0.15, 0.2) is 12.2 Å². The first-order valence-corrected chi connectivity index (χ1v) is 8.51. The molecule has 0 aliphatic carbocycles. The molecule has 0 aromatic carbocycles. The van der Waals surface area contributed by atoms with Gasteiger partial charge in [-0.25, -0.2) is 0 Å². The third kappa shape index (κ3) is 7.61. The highest BCUT2D eigenvalue weighted by Gasteiger charge is 2.32. The van der Waals surface area contributed by atoms with Crippen LogP contribution in [0.25, 0.3) is 0 Å². The predicted octanol–water partition coefficient (Wildman–Crippen LogP) is 2.33. The maximum atomic E-state index is 11.8. The van der Waals surface area contributed by atoms with Crippen LogP contribution in [0.1, 0.15) is 64.7 Å². The number of aliphatic carboxylic acids is 1. The van der Waals surface area contributed by atoms with E-state index in [0.29, 0.717) is 12.8 Å². The number of ether oxygens (including phenoxy) is 1. The first-order valence-electron chi connectivity index (χ1n) is 8.51. The molecule has 0 amide bonds. The van der Waals surface area contributed by atoms with Crippen LogP contribution < -0.4 is 11.1 Å². The monoisotopic (exact) mass is 326 g/mol. The van der Waals surface area contributed by atoms with E-state index in [1.54, 1.807) is 6.92 Å². The molecule has 6 heteroatoms. The topological polar surface area (TPSA) is 102 Å². The average Bonchev–Trinajstić information content (AvgIpc) is 2.51. The molecular formula is C17H30N2O4. The largest absolute Gasteiger partial charge is 0.480 e. The lowest BCUT2D eigenvalue weighted by atomic mass is 9.95. The van der Waals surface area contributed by atoms with Crippen molar-refractivity contribution in [1.29, 1.82) is 0 Å². The van der Waals surface area contributed by atoms with Crippen molar-refractivity contribution < 1.29 is 19.4 Å². The Morgan fingerprint density at radius 2 is 1.91 bits per heavy atom. The molecule has 0 aromatic rings. The minimum Gasteiger partial charge on any atom is -0.480 e. The highest BCUT2D eigenvalue weighted by molar-refractivity contribution is 5.78. The molecular weight excluding hydrogens is 296 g/mol. The summed E-state index contributed by atoms with van der Waals surface area (Å²) in [5.74, 6) is -1.42. The van der Waals surface area contributed by atoms with Crippen LogP contribution in [0.2, 0.25) is 0 Å². The number of nitrogens with one attached hydrogen (secondary N) is 1. The number of carbonyl (C=O) groups excluding carboxylic acids is 1. The van der Waals surface area contributed by atoms with Crippen LogP contribution in [0.5, 0.6) is 0 Å². The number of carboxylic acid groups (broad SMARTS) is 1. The molecule has 6 nitrogen and oxygen atoms in total. The molecule has 2 unspecified atom stereocenters. The fourth-order valence-electron chi connectivity index (χ4n) is 2.55. The van der Waals surface area contributed by atoms with Gasteiger partial charge in [-0.1, -0.05) is 31.4 Å². The molecule has 2 atom stereocenters. The van der Waals surface area contributed by atoms with Gasteiger partial charge in [0, 0.05) is 0 Å². The van der Waals surface area contributed by atoms with Gasteiger partial charge in [-0.15, -0.1) is 0 Å². The van der Waals surface area contributed by atoms with Gasteiger partial charge >= 0.3 is 11.9 Å². The van der Waals surface area contributed by atoms with E-state index in [1.165, 1.54) is 0 Å². The molecule has 1 aliphatic rings. The van der Waals surface area contributed by atoms with E-state index in [4.69, 9.17) is 10.5 Å². The lowest BCUT2D eigenvalue weighted by molar-refractivity contribution is -0.151. The van der Waals surface area contributed by atoms with Crippen molar-refractivity contribution in [1.82, 2.24) is 5.32 Å². The smallest absolute Gasteiger partial charge is 0.324 e. The lowest BCUT2D eigenvalue weighted by Crippen LogP contribution is -2.51. The Kier molecular flexibility index (Phi) is 8.87. The lowest BCUT2D eigenvalue weighted by Gasteiger charge is -2.26. The van der Waals surface area contributed by atoms with Crippen LogP contribution in [-0.2, 0) is 14.3 Å². The Morgan fingerprint density at radius 3 is 2.61 bits per heavy atom. The Hall–Kier alpha value is -1.40. The fourth-order valence-corrected chi connectivity index (χ4v) is 2.55. The van der Waals surface area contributed by atoms with Gasteiger partial charge in [0.25, 0.3) is 0 Å². The van der Waals surface area contributed by atoms with Gasteiger partial charge < -0.3 is 15.6 Å². The average molecular weight is 326 g/mol. The zero-order chi connectivity index (χ0) is 17.1. The van der Waals surface area contributed by atoms with Crippen molar-refractivity contribution in [2.75, 3.05) is 6.73 Å². The highest BCUT2D eigenvalue weighted by Crippen LogP contribution is 2.15. The number of nitrogens with two attached hydrogens (primary N) is 1. The minimum atomic E-state index is -1.10. The number of rotatable bonds is 1. The first-order chi connectivity index (χ1) is 11.0. The van der Waals surface area contributed by atoms with E-state index in [-0.39, 0.29) is 6.73 Å². The number of allylic oxidation sites excluding steroid dienone is 2. The molecule has 0 spiro atoms. The summed E-state index contributed by atoms with van der Waals surface area (Å²) in [5, 5.41) is 12.2. The first kappa shape index (κ1) is 19.6. The van der Waals surface area contributed by atoms with Crippen LogP contribution in [0, 0.1) is 0 Å². The number of carboxylic acids is 1. The fraction of sp³-hybridized carbons (Fsp3) is 0.765. The summed E-state index contributed by atoms with van der Waals surface area (Å²) in [5.41, 5.74) is 4.70. The summed E-state index contributed by atoms with van der Waals surface area (Å²) < 4.78 is 5.07. The molecule has 0 aromatic heterocycles. The van der Waals surface area contributed by atoms with Gasteiger partial charge in [0.15, 0.2) is 0 Å². The van der Waals surface area contributed by atoms with Crippen LogP contribution in [0.4, 0.5) is 0 Å². The molecule has 0 bridgehead atoms. The summed E-state index contributed by atoms with van der Waals surface area (Å²) in [6, 6.07) is -0.636. The van der Waals surface area contributed by atoms with Crippen molar-refractivity contribution in [3.8, 4) is 0 Å². The number of cyclic esters (lactones) is 1. The third-order valence-corrected chi connectivity index (χ3v) is 4.30. The molecule has 1 heterocycles. The van der Waals surface area contributed by atoms with Crippen molar-refractivity contribution >= 4 is 11.9 Å². The summed E-state index contributed by atoms with van der Waals surface area (Å²) in [4.78, 5) is 23.3.